The molecule has 1 aliphatic rings. The number of rotatable bonds is 3. The van der Waals surface area contributed by atoms with Gasteiger partial charge >= 0.3 is 17.3 Å². The number of hydrogen-bond acceptors (Lipinski definition) is 6. The number of aromatic nitrogens is 3. The first-order chi connectivity index (χ1) is 13.0. The zero-order chi connectivity index (χ0) is 21.0. The van der Waals surface area contributed by atoms with Crippen molar-refractivity contribution in [3.63, 3.8) is 0 Å². The van der Waals surface area contributed by atoms with Crippen molar-refractivity contribution in [2.75, 3.05) is 11.6 Å². The summed E-state index contributed by atoms with van der Waals surface area (Å²) in [4.78, 5) is 41.9. The molecule has 12 heteroatoms. The van der Waals surface area contributed by atoms with Crippen LogP contribution < -0.4 is 16.4 Å². The summed E-state index contributed by atoms with van der Waals surface area (Å²) in [6, 6.07) is 2.09. The molecule has 1 saturated heterocycles. The van der Waals surface area contributed by atoms with E-state index >= 15 is 0 Å². The highest BCUT2D eigenvalue weighted by Gasteiger charge is 2.43. The van der Waals surface area contributed by atoms with Crippen molar-refractivity contribution < 1.29 is 19.1 Å². The number of halogens is 2. The molecule has 3 rings (SSSR count). The monoisotopic (exact) mass is 430 g/mol. The number of carboxylic acid groups (broad SMARTS) is 1. The van der Waals surface area contributed by atoms with Crippen LogP contribution in [-0.4, -0.2) is 36.9 Å². The van der Waals surface area contributed by atoms with Gasteiger partial charge in [0.15, 0.2) is 10.4 Å². The van der Waals surface area contributed by atoms with E-state index in [4.69, 9.17) is 28.7 Å². The van der Waals surface area contributed by atoms with E-state index in [0.717, 1.165) is 21.3 Å². The average molecular weight is 431 g/mol. The number of aliphatic carboxylic acids is 1. The second-order valence-corrected chi connectivity index (χ2v) is 7.31. The first-order valence-electron chi connectivity index (χ1n) is 8.06. The van der Waals surface area contributed by atoms with Crippen LogP contribution >= 0.6 is 23.8 Å². The zero-order valence-corrected chi connectivity index (χ0v) is 16.7. The number of carboxylic acids is 1. The summed E-state index contributed by atoms with van der Waals surface area (Å²) in [5, 5.41) is 10.4. The first kappa shape index (κ1) is 20.2. The molecule has 1 fully saturated rings. The molecule has 0 saturated carbocycles. The van der Waals surface area contributed by atoms with Gasteiger partial charge in [0.25, 0.3) is 0 Å². The van der Waals surface area contributed by atoms with Crippen LogP contribution in [0.25, 0.3) is 5.69 Å². The predicted molar refractivity (Wildman–Crippen MR) is 101 cm³/mol. The van der Waals surface area contributed by atoms with E-state index < -0.39 is 28.8 Å². The largest absolute Gasteiger partial charge is 0.479 e. The Morgan fingerprint density at radius 2 is 1.82 bits per heavy atom. The minimum absolute atomic E-state index is 0.0269. The molecular formula is C16H16ClFN4O5S. The summed E-state index contributed by atoms with van der Waals surface area (Å²) >= 11 is 11.1. The molecular weight excluding hydrogens is 415 g/mol. The van der Waals surface area contributed by atoms with Crippen molar-refractivity contribution in [3.8, 4) is 5.69 Å². The van der Waals surface area contributed by atoms with E-state index in [0.29, 0.717) is 4.57 Å². The lowest BCUT2D eigenvalue weighted by atomic mass is 10.0. The van der Waals surface area contributed by atoms with E-state index in [2.05, 4.69) is 0 Å². The number of benzene rings is 1. The molecule has 1 unspecified atom stereocenters. The van der Waals surface area contributed by atoms with Crippen molar-refractivity contribution in [2.24, 2.45) is 14.1 Å². The third-order valence-electron chi connectivity index (χ3n) is 4.61. The molecule has 150 valence electrons. The minimum atomic E-state index is -1.47. The molecule has 0 bridgehead atoms. The molecule has 0 aliphatic carbocycles. The van der Waals surface area contributed by atoms with Crippen molar-refractivity contribution in [3.05, 3.63) is 48.7 Å². The van der Waals surface area contributed by atoms with Gasteiger partial charge in [-0.15, -0.1) is 0 Å². The molecule has 1 aliphatic heterocycles. The Balaban J connectivity index is 2.21. The summed E-state index contributed by atoms with van der Waals surface area (Å²) < 4.78 is 17.3. The Morgan fingerprint density at radius 1 is 1.25 bits per heavy atom. The van der Waals surface area contributed by atoms with Crippen LogP contribution in [0.4, 0.5) is 10.1 Å². The summed E-state index contributed by atoms with van der Waals surface area (Å²) in [6.45, 7) is 1.57. The summed E-state index contributed by atoms with van der Waals surface area (Å²) in [5.74, 6) is -2.07. The van der Waals surface area contributed by atoms with Crippen molar-refractivity contribution in [1.82, 2.24) is 13.7 Å². The average Bonchev–Trinajstić information content (AvgIpc) is 3.03. The van der Waals surface area contributed by atoms with E-state index in [-0.39, 0.29) is 34.1 Å². The lowest BCUT2D eigenvalue weighted by Crippen LogP contribution is -2.44. The SMILES string of the molecule is Cn1c(=S)n(C)c(=O)n(-c2cc(N3CCC(C)(C(=O)O)O3)c(Cl)cc2F)c1=O. The van der Waals surface area contributed by atoms with E-state index in [9.17, 15) is 23.9 Å². The Bertz CT molecular complexity index is 1130. The van der Waals surface area contributed by atoms with E-state index in [1.807, 2.05) is 0 Å². The third-order valence-corrected chi connectivity index (χ3v) is 5.46. The van der Waals surface area contributed by atoms with Crippen LogP contribution in [0.2, 0.25) is 5.02 Å². The van der Waals surface area contributed by atoms with Gasteiger partial charge < -0.3 is 5.11 Å². The molecule has 0 radical (unpaired) electrons. The van der Waals surface area contributed by atoms with Crippen molar-refractivity contribution in [2.45, 2.75) is 18.9 Å². The van der Waals surface area contributed by atoms with Crippen molar-refractivity contribution >= 4 is 35.5 Å². The number of carbonyl (C=O) groups is 1. The van der Waals surface area contributed by atoms with Crippen LogP contribution in [-0.2, 0) is 23.7 Å². The second-order valence-electron chi connectivity index (χ2n) is 6.54. The molecule has 28 heavy (non-hydrogen) atoms. The van der Waals surface area contributed by atoms with Crippen LogP contribution in [0.3, 0.4) is 0 Å². The quantitative estimate of drug-likeness (QED) is 0.734. The lowest BCUT2D eigenvalue weighted by molar-refractivity contribution is -0.159. The number of hydrogen-bond donors (Lipinski definition) is 1. The number of anilines is 1. The Labute approximate surface area is 167 Å². The molecule has 1 aromatic carbocycles. The molecule has 1 atom stereocenters. The van der Waals surface area contributed by atoms with Gasteiger partial charge in [-0.3, -0.25) is 19.0 Å². The van der Waals surface area contributed by atoms with E-state index in [1.165, 1.54) is 26.1 Å². The fourth-order valence-electron chi connectivity index (χ4n) is 2.83. The Kier molecular flexibility index (Phi) is 4.94. The molecule has 1 aromatic heterocycles. The highest BCUT2D eigenvalue weighted by molar-refractivity contribution is 7.71. The van der Waals surface area contributed by atoms with Gasteiger partial charge in [-0.1, -0.05) is 11.6 Å². The first-order valence-corrected chi connectivity index (χ1v) is 8.85. The highest BCUT2D eigenvalue weighted by Crippen LogP contribution is 2.36. The third kappa shape index (κ3) is 3.05. The number of hydroxylamine groups is 1. The molecule has 9 nitrogen and oxygen atoms in total. The van der Waals surface area contributed by atoms with Gasteiger partial charge in [0.05, 0.1) is 16.4 Å². The van der Waals surface area contributed by atoms with Crippen LogP contribution in [0.15, 0.2) is 21.7 Å². The maximum Gasteiger partial charge on any atom is 0.338 e. The fourth-order valence-corrected chi connectivity index (χ4v) is 3.23. The standard InChI is InChI=1S/C16H16ClFN4O5S/c1-16(12(23)24)4-5-21(27-16)10-7-11(9(18)6-8(10)17)22-13(25)19(2)15(28)20(3)14(22)26/h6-7H,4-5H2,1-3H3,(H,23,24). The maximum absolute atomic E-state index is 14.6. The van der Waals surface area contributed by atoms with Crippen LogP contribution in [0.5, 0.6) is 0 Å². The fraction of sp³-hybridized carbons (Fsp3) is 0.375. The van der Waals surface area contributed by atoms with Crippen molar-refractivity contribution in [1.29, 1.82) is 0 Å². The van der Waals surface area contributed by atoms with Gasteiger partial charge in [0.2, 0.25) is 0 Å². The molecule has 0 spiro atoms. The van der Waals surface area contributed by atoms with Gasteiger partial charge in [-0.25, -0.2) is 23.3 Å². The Hall–Kier alpha value is -2.50. The summed E-state index contributed by atoms with van der Waals surface area (Å²) in [6.07, 6.45) is 0.159. The van der Waals surface area contributed by atoms with Crippen LogP contribution in [0.1, 0.15) is 13.3 Å². The lowest BCUT2D eigenvalue weighted by Gasteiger charge is -2.23. The van der Waals surface area contributed by atoms with Gasteiger partial charge in [-0.2, -0.15) is 0 Å². The normalized spacial score (nSPS) is 19.2. The molecule has 0 amide bonds. The summed E-state index contributed by atoms with van der Waals surface area (Å²) in [7, 11) is 2.72. The Morgan fingerprint density at radius 3 is 2.32 bits per heavy atom. The van der Waals surface area contributed by atoms with Crippen LogP contribution in [0, 0.1) is 10.6 Å². The topological polar surface area (TPSA) is 98.7 Å². The van der Waals surface area contributed by atoms with E-state index in [1.54, 1.807) is 0 Å². The zero-order valence-electron chi connectivity index (χ0n) is 15.1. The van der Waals surface area contributed by atoms with Gasteiger partial charge in [0.1, 0.15) is 5.82 Å². The highest BCUT2D eigenvalue weighted by atomic mass is 35.5. The minimum Gasteiger partial charge on any atom is -0.479 e. The number of nitrogens with zero attached hydrogens (tertiary/aromatic N) is 4. The second kappa shape index (κ2) is 6.83. The summed E-state index contributed by atoms with van der Waals surface area (Å²) in [5.41, 5.74) is -3.37. The molecule has 1 N–H and O–H groups in total. The smallest absolute Gasteiger partial charge is 0.338 e. The maximum atomic E-state index is 14.6. The van der Waals surface area contributed by atoms with Gasteiger partial charge in [0, 0.05) is 27.1 Å². The van der Waals surface area contributed by atoms with Gasteiger partial charge in [-0.05, 0) is 31.3 Å². The molecule has 2 heterocycles. The molecule has 2 aromatic rings. The predicted octanol–water partition coefficient (Wildman–Crippen LogP) is 1.38.